The first-order valence-electron chi connectivity index (χ1n) is 24.4. The first kappa shape index (κ1) is 51.9. The standard InChI is InChI=1S/C59H36NO.2C5H9N.Ir/c1-3-15-40(16-4-1)49-19-7-10-22-52(49)46-35-47(53-23-11-8-20-50(53)41-17-5-2-6-18-41)37-48(36-46)54-24-12-9-21-51(54)42-27-29-43(30-28-42)57-38-45(33-34-60-57)44-31-32-56-55-25-13-14-26-58(55)61-59(56)39-44;2*1-5(2,3)6-4;/h1-3,5,7-29,31-39H;2*1-3H3;/q-3;;;. The molecule has 0 fully saturated rings. The Kier molecular flexibility index (Phi) is 16.1. The molecule has 2 heterocycles. The molecule has 0 amide bonds. The Hall–Kier alpha value is -8.44. The predicted octanol–water partition coefficient (Wildman–Crippen LogP) is 19.1. The van der Waals surface area contributed by atoms with E-state index in [-0.39, 0.29) is 31.2 Å². The van der Waals surface area contributed by atoms with E-state index in [1.807, 2.05) is 84.1 Å². The molecule has 0 aliphatic carbocycles. The second-order valence-electron chi connectivity index (χ2n) is 19.8. The molecule has 0 bridgehead atoms. The third kappa shape index (κ3) is 12.2. The predicted molar refractivity (Wildman–Crippen MR) is 304 cm³/mol. The van der Waals surface area contributed by atoms with Crippen LogP contribution < -0.4 is 0 Å². The Balaban J connectivity index is 0.000000505. The summed E-state index contributed by atoms with van der Waals surface area (Å²) < 4.78 is 6.21. The fourth-order valence-corrected chi connectivity index (χ4v) is 8.59. The van der Waals surface area contributed by atoms with Gasteiger partial charge in [0.05, 0.1) is 0 Å². The van der Waals surface area contributed by atoms with Gasteiger partial charge >= 0.3 is 0 Å². The van der Waals surface area contributed by atoms with E-state index < -0.39 is 0 Å². The summed E-state index contributed by atoms with van der Waals surface area (Å²) in [6.45, 7) is 24.3. The SMILES string of the molecule is [C-]#[N+]C(C)(C)C.[C-]#[N+]C(C)(C)C.[Ir].[c-]1cccc(-c2ccccc2-c2cc(-c3ccccc3-c3c[c-]ccc3)cc(-c3ccccc3-c3c[c-]c(-c4cc(-c5ccc6c(c5)oc5ccccc56)ccn4)cc3)c2)c1. The zero-order valence-electron chi connectivity index (χ0n) is 42.4. The van der Waals surface area contributed by atoms with Crippen molar-refractivity contribution in [2.75, 3.05) is 0 Å². The Bertz CT molecular complexity index is 3650. The molecule has 0 saturated carbocycles. The smallest absolute Gasteiger partial charge is 0.224 e. The van der Waals surface area contributed by atoms with Gasteiger partial charge in [-0.3, -0.25) is 0 Å². The van der Waals surface area contributed by atoms with Crippen molar-refractivity contribution >= 4 is 21.9 Å². The number of fused-ring (bicyclic) bond motifs is 3. The molecule has 2 aromatic heterocycles. The van der Waals surface area contributed by atoms with Crippen molar-refractivity contribution in [2.24, 2.45) is 0 Å². The van der Waals surface area contributed by atoms with Crippen molar-refractivity contribution in [1.29, 1.82) is 0 Å². The van der Waals surface area contributed by atoms with Crippen molar-refractivity contribution in [3.8, 4) is 89.1 Å². The average Bonchev–Trinajstić information content (AvgIpc) is 3.82. The Morgan fingerprint density at radius 3 is 1.27 bits per heavy atom. The molecule has 0 saturated heterocycles. The van der Waals surface area contributed by atoms with Crippen LogP contribution in [0.3, 0.4) is 0 Å². The molecule has 1 radical (unpaired) electrons. The summed E-state index contributed by atoms with van der Waals surface area (Å²) >= 11 is 0. The number of benzene rings is 9. The Morgan fingerprint density at radius 2 is 0.824 bits per heavy atom. The molecule has 9 aromatic carbocycles. The van der Waals surface area contributed by atoms with Crippen LogP contribution >= 0.6 is 0 Å². The molecule has 0 atom stereocenters. The molecule has 0 aliphatic rings. The van der Waals surface area contributed by atoms with E-state index in [1.165, 1.54) is 11.1 Å². The first-order chi connectivity index (χ1) is 35.4. The zero-order valence-corrected chi connectivity index (χ0v) is 44.8. The van der Waals surface area contributed by atoms with E-state index >= 15 is 0 Å². The van der Waals surface area contributed by atoms with Crippen molar-refractivity contribution in [3.05, 3.63) is 260 Å². The second kappa shape index (κ2) is 23.0. The van der Waals surface area contributed by atoms with Gasteiger partial charge in [0.1, 0.15) is 11.2 Å². The maximum absolute atomic E-state index is 6.48. The Labute approximate surface area is 450 Å². The van der Waals surface area contributed by atoms with Crippen molar-refractivity contribution in [2.45, 2.75) is 52.6 Å². The van der Waals surface area contributed by atoms with Crippen LogP contribution in [0.25, 0.3) is 121 Å². The molecule has 4 nitrogen and oxygen atoms in total. The van der Waals surface area contributed by atoms with Gasteiger partial charge in [-0.1, -0.05) is 125 Å². The third-order valence-corrected chi connectivity index (χ3v) is 12.2. The van der Waals surface area contributed by atoms with Crippen molar-refractivity contribution < 1.29 is 24.5 Å². The van der Waals surface area contributed by atoms with Gasteiger partial charge in [0.2, 0.25) is 11.1 Å². The quantitative estimate of drug-likeness (QED) is 0.142. The van der Waals surface area contributed by atoms with Crippen molar-refractivity contribution in [3.63, 3.8) is 0 Å². The van der Waals surface area contributed by atoms with E-state index in [0.29, 0.717) is 0 Å². The van der Waals surface area contributed by atoms with Crippen LogP contribution in [0.15, 0.2) is 223 Å². The molecule has 74 heavy (non-hydrogen) atoms. The number of hydrogen-bond acceptors (Lipinski definition) is 2. The summed E-state index contributed by atoms with van der Waals surface area (Å²) in [5, 5.41) is 2.25. The summed E-state index contributed by atoms with van der Waals surface area (Å²) in [4.78, 5) is 11.3. The molecular weight excluding hydrogens is 1080 g/mol. The molecular formula is C69H54IrN3O-3. The molecule has 11 aromatic rings. The summed E-state index contributed by atoms with van der Waals surface area (Å²) in [5.41, 5.74) is 19.1. The second-order valence-corrected chi connectivity index (χ2v) is 19.8. The van der Waals surface area contributed by atoms with Crippen LogP contribution in [-0.2, 0) is 20.1 Å². The average molecular weight is 1130 g/mol. The summed E-state index contributed by atoms with van der Waals surface area (Å²) in [5.74, 6) is 0. The van der Waals surface area contributed by atoms with Crippen LogP contribution in [0, 0.1) is 31.3 Å². The zero-order chi connectivity index (χ0) is 51.0. The Morgan fingerprint density at radius 1 is 0.405 bits per heavy atom. The van der Waals surface area contributed by atoms with E-state index in [4.69, 9.17) is 22.5 Å². The maximum Gasteiger partial charge on any atom is 0.224 e. The van der Waals surface area contributed by atoms with Gasteiger partial charge in [-0.25, -0.2) is 13.1 Å². The molecule has 0 unspecified atom stereocenters. The number of pyridine rings is 1. The first-order valence-corrected chi connectivity index (χ1v) is 24.4. The van der Waals surface area contributed by atoms with E-state index in [1.54, 1.807) is 0 Å². The van der Waals surface area contributed by atoms with Crippen LogP contribution in [0.2, 0.25) is 0 Å². The van der Waals surface area contributed by atoms with Crippen LogP contribution in [0.4, 0.5) is 0 Å². The topological polar surface area (TPSA) is 34.8 Å². The van der Waals surface area contributed by atoms with Crippen LogP contribution in [0.5, 0.6) is 0 Å². The van der Waals surface area contributed by atoms with Gasteiger partial charge in [0.25, 0.3) is 0 Å². The minimum absolute atomic E-state index is 0. The van der Waals surface area contributed by atoms with E-state index in [0.717, 1.165) is 100.0 Å². The summed E-state index contributed by atoms with van der Waals surface area (Å²) in [6, 6.07) is 84.8. The number of rotatable bonds is 8. The van der Waals surface area contributed by atoms with Gasteiger partial charge in [0.15, 0.2) is 0 Å². The van der Waals surface area contributed by atoms with Gasteiger partial charge in [-0.2, -0.15) is 60.7 Å². The number of nitrogens with zero attached hydrogens (tertiary/aromatic N) is 3. The molecule has 363 valence electrons. The minimum Gasteiger partial charge on any atom is -0.456 e. The molecule has 0 spiro atoms. The number of hydrogen-bond donors (Lipinski definition) is 0. The normalized spacial score (nSPS) is 11.0. The summed E-state index contributed by atoms with van der Waals surface area (Å²) in [7, 11) is 0. The van der Waals surface area contributed by atoms with Gasteiger partial charge < -0.3 is 19.1 Å². The maximum atomic E-state index is 6.48. The van der Waals surface area contributed by atoms with Gasteiger partial charge in [0, 0.05) is 78.6 Å². The molecule has 0 aliphatic heterocycles. The fraction of sp³-hybridized carbons (Fsp3) is 0.116. The fourth-order valence-electron chi connectivity index (χ4n) is 8.59. The largest absolute Gasteiger partial charge is 0.456 e. The number of aromatic nitrogens is 1. The minimum atomic E-state index is -0.167. The van der Waals surface area contributed by atoms with Gasteiger partial charge in [-0.05, 0) is 92.7 Å². The van der Waals surface area contributed by atoms with E-state index in [9.17, 15) is 0 Å². The molecule has 5 heteroatoms. The molecule has 11 rings (SSSR count). The van der Waals surface area contributed by atoms with Crippen LogP contribution in [-0.4, -0.2) is 16.1 Å². The van der Waals surface area contributed by atoms with E-state index in [2.05, 4.69) is 204 Å². The van der Waals surface area contributed by atoms with Crippen LogP contribution in [0.1, 0.15) is 41.5 Å². The number of para-hydroxylation sites is 1. The van der Waals surface area contributed by atoms with Crippen molar-refractivity contribution in [1.82, 2.24) is 4.98 Å². The third-order valence-electron chi connectivity index (χ3n) is 12.2. The van der Waals surface area contributed by atoms with Gasteiger partial charge in [-0.15, -0.1) is 41.0 Å². The summed E-state index contributed by atoms with van der Waals surface area (Å²) in [6.07, 6.45) is 1.87. The monoisotopic (exact) mass is 1130 g/mol. The molecule has 0 N–H and O–H groups in total. The number of furan rings is 1.